The van der Waals surface area contributed by atoms with Gasteiger partial charge < -0.3 is 10.6 Å². The SMILES string of the molecule is CC(C)NC(=O)c1ccccc1NC(=O)CSc1ccc(C(F)(F)F)cc1[N+](=O)[O-]. The summed E-state index contributed by atoms with van der Waals surface area (Å²) in [6.07, 6.45) is -4.72. The van der Waals surface area contributed by atoms with E-state index in [2.05, 4.69) is 10.6 Å². The molecule has 2 rings (SSSR count). The molecule has 0 saturated carbocycles. The molecule has 30 heavy (non-hydrogen) atoms. The van der Waals surface area contributed by atoms with Gasteiger partial charge in [-0.05, 0) is 38.1 Å². The van der Waals surface area contributed by atoms with E-state index >= 15 is 0 Å². The summed E-state index contributed by atoms with van der Waals surface area (Å²) in [6, 6.07) is 8.31. The normalized spacial score (nSPS) is 11.3. The molecule has 0 unspecified atom stereocenters. The number of halogens is 3. The minimum Gasteiger partial charge on any atom is -0.350 e. The van der Waals surface area contributed by atoms with Gasteiger partial charge in [-0.2, -0.15) is 13.2 Å². The van der Waals surface area contributed by atoms with Crippen LogP contribution in [-0.2, 0) is 11.0 Å². The number of hydrogen-bond acceptors (Lipinski definition) is 5. The van der Waals surface area contributed by atoms with Crippen molar-refractivity contribution in [3.8, 4) is 0 Å². The number of nitrogens with one attached hydrogen (secondary N) is 2. The van der Waals surface area contributed by atoms with E-state index in [-0.39, 0.29) is 33.8 Å². The number of carbonyl (C=O) groups is 2. The second-order valence-corrected chi connectivity index (χ2v) is 7.47. The molecule has 2 N–H and O–H groups in total. The summed E-state index contributed by atoms with van der Waals surface area (Å²) >= 11 is 0.725. The maximum absolute atomic E-state index is 12.8. The Hall–Kier alpha value is -3.08. The van der Waals surface area contributed by atoms with E-state index < -0.39 is 28.3 Å². The Morgan fingerprint density at radius 3 is 2.43 bits per heavy atom. The number of hydrogen-bond donors (Lipinski definition) is 2. The highest BCUT2D eigenvalue weighted by Gasteiger charge is 2.33. The third-order valence-electron chi connectivity index (χ3n) is 3.71. The van der Waals surface area contributed by atoms with Crippen LogP contribution >= 0.6 is 11.8 Å². The van der Waals surface area contributed by atoms with Crippen molar-refractivity contribution in [1.82, 2.24) is 5.32 Å². The molecule has 0 saturated heterocycles. The lowest BCUT2D eigenvalue weighted by molar-refractivity contribution is -0.388. The van der Waals surface area contributed by atoms with Crippen molar-refractivity contribution in [1.29, 1.82) is 0 Å². The van der Waals surface area contributed by atoms with Crippen molar-refractivity contribution >= 4 is 35.0 Å². The van der Waals surface area contributed by atoms with Gasteiger partial charge >= 0.3 is 6.18 Å². The van der Waals surface area contributed by atoms with Gasteiger partial charge in [0.15, 0.2) is 0 Å². The molecule has 0 aliphatic carbocycles. The number of alkyl halides is 3. The van der Waals surface area contributed by atoms with Crippen molar-refractivity contribution in [2.75, 3.05) is 11.1 Å². The molecule has 11 heteroatoms. The number of nitro benzene ring substituents is 1. The first kappa shape index (κ1) is 23.2. The minimum atomic E-state index is -4.72. The molecule has 7 nitrogen and oxygen atoms in total. The summed E-state index contributed by atoms with van der Waals surface area (Å²) in [4.78, 5) is 34.6. The first-order valence-corrected chi connectivity index (χ1v) is 9.65. The van der Waals surface area contributed by atoms with Crippen molar-refractivity contribution in [3.63, 3.8) is 0 Å². The fourth-order valence-corrected chi connectivity index (χ4v) is 3.22. The third kappa shape index (κ3) is 6.21. The molecule has 0 spiro atoms. The first-order chi connectivity index (χ1) is 14.0. The Labute approximate surface area is 174 Å². The van der Waals surface area contributed by atoms with Crippen LogP contribution in [0, 0.1) is 10.1 Å². The van der Waals surface area contributed by atoms with Crippen molar-refractivity contribution < 1.29 is 27.7 Å². The van der Waals surface area contributed by atoms with Gasteiger partial charge in [-0.15, -0.1) is 11.8 Å². The number of rotatable bonds is 7. The van der Waals surface area contributed by atoms with E-state index in [0.717, 1.165) is 23.9 Å². The molecule has 0 atom stereocenters. The zero-order chi connectivity index (χ0) is 22.5. The lowest BCUT2D eigenvalue weighted by atomic mass is 10.1. The zero-order valence-electron chi connectivity index (χ0n) is 15.9. The highest BCUT2D eigenvalue weighted by molar-refractivity contribution is 8.00. The van der Waals surface area contributed by atoms with Crippen molar-refractivity contribution in [2.45, 2.75) is 31.0 Å². The van der Waals surface area contributed by atoms with Gasteiger partial charge in [-0.3, -0.25) is 19.7 Å². The molecule has 2 aromatic rings. The van der Waals surface area contributed by atoms with Crippen LogP contribution in [0.5, 0.6) is 0 Å². The highest BCUT2D eigenvalue weighted by Crippen LogP contribution is 2.36. The smallest absolute Gasteiger partial charge is 0.350 e. The number of anilines is 1. The molecule has 0 fully saturated rings. The number of nitro groups is 1. The van der Waals surface area contributed by atoms with Crippen LogP contribution in [0.4, 0.5) is 24.5 Å². The van der Waals surface area contributed by atoms with Crippen LogP contribution in [-0.4, -0.2) is 28.5 Å². The first-order valence-electron chi connectivity index (χ1n) is 8.67. The van der Waals surface area contributed by atoms with Gasteiger partial charge in [0.1, 0.15) is 0 Å². The maximum atomic E-state index is 12.8. The van der Waals surface area contributed by atoms with Crippen molar-refractivity contribution in [2.24, 2.45) is 0 Å². The average molecular weight is 441 g/mol. The van der Waals surface area contributed by atoms with Crippen LogP contribution in [0.3, 0.4) is 0 Å². The van der Waals surface area contributed by atoms with Crippen molar-refractivity contribution in [3.05, 3.63) is 63.7 Å². The molecule has 2 amide bonds. The Morgan fingerprint density at radius 1 is 1.17 bits per heavy atom. The molecule has 0 heterocycles. The molecule has 0 aliphatic rings. The summed E-state index contributed by atoms with van der Waals surface area (Å²) in [5, 5.41) is 16.4. The van der Waals surface area contributed by atoms with E-state index in [1.807, 2.05) is 0 Å². The molecule has 0 aromatic heterocycles. The highest BCUT2D eigenvalue weighted by atomic mass is 32.2. The number of para-hydroxylation sites is 1. The quantitative estimate of drug-likeness (QED) is 0.375. The standard InChI is InChI=1S/C19H18F3N3O4S/c1-11(2)23-18(27)13-5-3-4-6-14(13)24-17(26)10-30-16-8-7-12(19(20,21)22)9-15(16)25(28)29/h3-9,11H,10H2,1-2H3,(H,23,27)(H,24,26). The largest absolute Gasteiger partial charge is 0.416 e. The number of thioether (sulfide) groups is 1. The summed E-state index contributed by atoms with van der Waals surface area (Å²) < 4.78 is 38.3. The van der Waals surface area contributed by atoms with Gasteiger partial charge in [0.2, 0.25) is 5.91 Å². The third-order valence-corrected chi connectivity index (χ3v) is 4.77. The predicted molar refractivity (Wildman–Crippen MR) is 106 cm³/mol. The summed E-state index contributed by atoms with van der Waals surface area (Å²) in [6.45, 7) is 3.57. The monoisotopic (exact) mass is 441 g/mol. The second-order valence-electron chi connectivity index (χ2n) is 6.45. The molecule has 2 aromatic carbocycles. The fraction of sp³-hybridized carbons (Fsp3) is 0.263. The minimum absolute atomic E-state index is 0.0750. The number of nitrogens with zero attached hydrogens (tertiary/aromatic N) is 1. The van der Waals surface area contributed by atoms with Gasteiger partial charge in [0.25, 0.3) is 11.6 Å². The summed E-state index contributed by atoms with van der Waals surface area (Å²) in [5.74, 6) is -1.25. The zero-order valence-corrected chi connectivity index (χ0v) is 16.8. The number of carbonyl (C=O) groups excluding carboxylic acids is 2. The van der Waals surface area contributed by atoms with Gasteiger partial charge in [-0.25, -0.2) is 0 Å². The van der Waals surface area contributed by atoms with E-state index in [1.54, 1.807) is 26.0 Å². The molecule has 0 aliphatic heterocycles. The average Bonchev–Trinajstić information content (AvgIpc) is 2.65. The number of amides is 2. The van der Waals surface area contributed by atoms with Crippen LogP contribution in [0.1, 0.15) is 29.8 Å². The predicted octanol–water partition coefficient (Wildman–Crippen LogP) is 4.48. The Balaban J connectivity index is 2.12. The van der Waals surface area contributed by atoms with Crippen LogP contribution in [0.25, 0.3) is 0 Å². The summed E-state index contributed by atoms with van der Waals surface area (Å²) in [7, 11) is 0. The lowest BCUT2D eigenvalue weighted by Crippen LogP contribution is -2.31. The lowest BCUT2D eigenvalue weighted by Gasteiger charge is -2.13. The van der Waals surface area contributed by atoms with Gasteiger partial charge in [-0.1, -0.05) is 12.1 Å². The van der Waals surface area contributed by atoms with Crippen LogP contribution in [0.2, 0.25) is 0 Å². The molecular weight excluding hydrogens is 423 g/mol. The topological polar surface area (TPSA) is 101 Å². The Kier molecular flexibility index (Phi) is 7.43. The van der Waals surface area contributed by atoms with E-state index in [4.69, 9.17) is 0 Å². The van der Waals surface area contributed by atoms with Crippen LogP contribution < -0.4 is 10.6 Å². The van der Waals surface area contributed by atoms with E-state index in [0.29, 0.717) is 6.07 Å². The Morgan fingerprint density at radius 2 is 1.83 bits per heavy atom. The fourth-order valence-electron chi connectivity index (χ4n) is 2.42. The van der Waals surface area contributed by atoms with E-state index in [1.165, 1.54) is 12.1 Å². The molecular formula is C19H18F3N3O4S. The molecule has 0 radical (unpaired) electrons. The summed E-state index contributed by atoms with van der Waals surface area (Å²) in [5.41, 5.74) is -1.39. The van der Waals surface area contributed by atoms with Gasteiger partial charge in [0.05, 0.1) is 32.4 Å². The molecule has 160 valence electrons. The number of benzene rings is 2. The van der Waals surface area contributed by atoms with E-state index in [9.17, 15) is 32.9 Å². The maximum Gasteiger partial charge on any atom is 0.416 e. The van der Waals surface area contributed by atoms with Crippen LogP contribution in [0.15, 0.2) is 47.4 Å². The van der Waals surface area contributed by atoms with Gasteiger partial charge in [0, 0.05) is 12.1 Å². The molecule has 0 bridgehead atoms. The Bertz CT molecular complexity index is 964. The second kappa shape index (κ2) is 9.61.